The first kappa shape index (κ1) is 11.1. The summed E-state index contributed by atoms with van der Waals surface area (Å²) in [7, 11) is 0. The van der Waals surface area contributed by atoms with Gasteiger partial charge in [-0.05, 0) is 31.9 Å². The van der Waals surface area contributed by atoms with Crippen LogP contribution in [0.2, 0.25) is 0 Å². The maximum absolute atomic E-state index is 5.80. The zero-order chi connectivity index (χ0) is 10.1. The molecule has 0 saturated heterocycles. The van der Waals surface area contributed by atoms with Crippen LogP contribution < -0.4 is 0 Å². The molecule has 0 unspecified atom stereocenters. The minimum absolute atomic E-state index is 0.241. The highest BCUT2D eigenvalue weighted by molar-refractivity contribution is 7.12. The van der Waals surface area contributed by atoms with Crippen LogP contribution in [0.4, 0.5) is 0 Å². The fraction of sp³-hybridized carbons (Fsp3) is 0.636. The molecule has 0 nitrogen and oxygen atoms in total. The number of hydrogen-bond donors (Lipinski definition) is 0. The zero-order valence-electron chi connectivity index (χ0n) is 8.78. The predicted molar refractivity (Wildman–Crippen MR) is 62.2 cm³/mol. The number of halogens is 1. The van der Waals surface area contributed by atoms with E-state index in [-0.39, 0.29) is 5.41 Å². The Kier molecular flexibility index (Phi) is 3.42. The van der Waals surface area contributed by atoms with Crippen molar-refractivity contribution in [1.29, 1.82) is 0 Å². The molecule has 0 aliphatic carbocycles. The van der Waals surface area contributed by atoms with Crippen LogP contribution in [0, 0.1) is 13.8 Å². The largest absolute Gasteiger partial charge is 0.145 e. The van der Waals surface area contributed by atoms with Gasteiger partial charge in [0.15, 0.2) is 0 Å². The van der Waals surface area contributed by atoms with Gasteiger partial charge < -0.3 is 0 Å². The molecule has 1 aromatic rings. The van der Waals surface area contributed by atoms with Crippen LogP contribution in [0.15, 0.2) is 6.07 Å². The van der Waals surface area contributed by atoms with Crippen LogP contribution in [-0.2, 0) is 5.41 Å². The van der Waals surface area contributed by atoms with Gasteiger partial charge in [-0.25, -0.2) is 0 Å². The molecule has 0 amide bonds. The topological polar surface area (TPSA) is 0 Å². The Hall–Kier alpha value is -0.0100. The lowest BCUT2D eigenvalue weighted by Gasteiger charge is -2.23. The summed E-state index contributed by atoms with van der Waals surface area (Å²) < 4.78 is 0. The maximum Gasteiger partial charge on any atom is 0.0232 e. The maximum atomic E-state index is 5.80. The summed E-state index contributed by atoms with van der Waals surface area (Å²) in [5.74, 6) is 0.739. The molecule has 0 saturated carbocycles. The van der Waals surface area contributed by atoms with Crippen LogP contribution >= 0.6 is 22.9 Å². The molecule has 0 spiro atoms. The van der Waals surface area contributed by atoms with E-state index in [0.29, 0.717) is 0 Å². The standard InChI is InChI=1S/C11H17ClS/c1-8-7-9(2)13-10(8)11(3,4)5-6-12/h7H,5-6H2,1-4H3. The Morgan fingerprint density at radius 3 is 2.38 bits per heavy atom. The Bertz CT molecular complexity index is 286. The lowest BCUT2D eigenvalue weighted by Crippen LogP contribution is -2.16. The van der Waals surface area contributed by atoms with Gasteiger partial charge in [-0.15, -0.1) is 22.9 Å². The average Bonchev–Trinajstić information content (AvgIpc) is 2.30. The Morgan fingerprint density at radius 1 is 1.38 bits per heavy atom. The molecule has 0 aliphatic rings. The first-order valence-corrected chi connectivity index (χ1v) is 5.96. The van der Waals surface area contributed by atoms with Crippen molar-refractivity contribution < 1.29 is 0 Å². The van der Waals surface area contributed by atoms with Crippen molar-refractivity contribution in [3.8, 4) is 0 Å². The number of alkyl halides is 1. The molecule has 0 N–H and O–H groups in total. The second-order valence-electron chi connectivity index (χ2n) is 4.19. The van der Waals surface area contributed by atoms with E-state index in [1.807, 2.05) is 11.3 Å². The normalized spacial score (nSPS) is 12.1. The van der Waals surface area contributed by atoms with Gasteiger partial charge in [-0.1, -0.05) is 13.8 Å². The number of hydrogen-bond acceptors (Lipinski definition) is 1. The number of thiophene rings is 1. The third-order valence-corrected chi connectivity index (χ3v) is 4.08. The smallest absolute Gasteiger partial charge is 0.0232 e. The van der Waals surface area contributed by atoms with E-state index in [2.05, 4.69) is 33.8 Å². The van der Waals surface area contributed by atoms with Gasteiger partial charge in [0.1, 0.15) is 0 Å². The summed E-state index contributed by atoms with van der Waals surface area (Å²) >= 11 is 7.70. The molecule has 1 rings (SSSR count). The van der Waals surface area contributed by atoms with E-state index >= 15 is 0 Å². The molecular weight excluding hydrogens is 200 g/mol. The van der Waals surface area contributed by atoms with Crippen molar-refractivity contribution in [1.82, 2.24) is 0 Å². The summed E-state index contributed by atoms with van der Waals surface area (Å²) in [5, 5.41) is 0. The third-order valence-electron chi connectivity index (χ3n) is 2.38. The lowest BCUT2D eigenvalue weighted by molar-refractivity contribution is 0.517. The van der Waals surface area contributed by atoms with Crippen molar-refractivity contribution >= 4 is 22.9 Å². The van der Waals surface area contributed by atoms with Crippen LogP contribution in [0.25, 0.3) is 0 Å². The van der Waals surface area contributed by atoms with Crippen molar-refractivity contribution in [2.24, 2.45) is 0 Å². The molecular formula is C11H17ClS. The van der Waals surface area contributed by atoms with Crippen LogP contribution in [0.1, 0.15) is 35.6 Å². The van der Waals surface area contributed by atoms with Crippen LogP contribution in [0.5, 0.6) is 0 Å². The minimum atomic E-state index is 0.241. The average molecular weight is 217 g/mol. The number of rotatable bonds is 3. The van der Waals surface area contributed by atoms with Gasteiger partial charge >= 0.3 is 0 Å². The highest BCUT2D eigenvalue weighted by Crippen LogP contribution is 2.35. The molecule has 13 heavy (non-hydrogen) atoms. The van der Waals surface area contributed by atoms with Crippen molar-refractivity contribution in [2.45, 2.75) is 39.5 Å². The molecule has 0 fully saturated rings. The van der Waals surface area contributed by atoms with Gasteiger partial charge in [0.05, 0.1) is 0 Å². The van der Waals surface area contributed by atoms with Crippen LogP contribution in [0.3, 0.4) is 0 Å². The molecule has 2 heteroatoms. The van der Waals surface area contributed by atoms with E-state index in [1.54, 1.807) is 0 Å². The van der Waals surface area contributed by atoms with Gasteiger partial charge in [0.2, 0.25) is 0 Å². The second kappa shape index (κ2) is 4.02. The predicted octanol–water partition coefficient (Wildman–Crippen LogP) is 4.27. The summed E-state index contributed by atoms with van der Waals surface area (Å²) in [6, 6.07) is 2.26. The minimum Gasteiger partial charge on any atom is -0.145 e. The van der Waals surface area contributed by atoms with Gasteiger partial charge in [0.25, 0.3) is 0 Å². The highest BCUT2D eigenvalue weighted by atomic mass is 35.5. The number of aryl methyl sites for hydroxylation is 2. The molecule has 0 aliphatic heterocycles. The SMILES string of the molecule is Cc1cc(C)c(C(C)(C)CCCl)s1. The van der Waals surface area contributed by atoms with E-state index in [1.165, 1.54) is 15.3 Å². The van der Waals surface area contributed by atoms with Crippen molar-refractivity contribution in [3.63, 3.8) is 0 Å². The van der Waals surface area contributed by atoms with Crippen molar-refractivity contribution in [3.05, 3.63) is 21.4 Å². The molecule has 0 radical (unpaired) electrons. The first-order valence-electron chi connectivity index (χ1n) is 4.61. The van der Waals surface area contributed by atoms with Crippen molar-refractivity contribution in [2.75, 3.05) is 5.88 Å². The monoisotopic (exact) mass is 216 g/mol. The lowest BCUT2D eigenvalue weighted by atomic mass is 9.86. The van der Waals surface area contributed by atoms with Crippen LogP contribution in [-0.4, -0.2) is 5.88 Å². The fourth-order valence-corrected chi connectivity index (χ4v) is 3.29. The summed E-state index contributed by atoms with van der Waals surface area (Å²) in [5.41, 5.74) is 1.66. The van der Waals surface area contributed by atoms with Gasteiger partial charge in [-0.2, -0.15) is 0 Å². The van der Waals surface area contributed by atoms with Gasteiger partial charge in [0, 0.05) is 21.0 Å². The van der Waals surface area contributed by atoms with E-state index < -0.39 is 0 Å². The summed E-state index contributed by atoms with van der Waals surface area (Å²) in [6.07, 6.45) is 1.05. The Morgan fingerprint density at radius 2 is 2.00 bits per heavy atom. The molecule has 0 atom stereocenters. The summed E-state index contributed by atoms with van der Waals surface area (Å²) in [4.78, 5) is 2.89. The molecule has 74 valence electrons. The molecule has 1 heterocycles. The quantitative estimate of drug-likeness (QED) is 0.662. The molecule has 1 aromatic heterocycles. The van der Waals surface area contributed by atoms with E-state index in [9.17, 15) is 0 Å². The Balaban J connectivity index is 2.98. The molecule has 0 bridgehead atoms. The van der Waals surface area contributed by atoms with E-state index in [4.69, 9.17) is 11.6 Å². The Labute approximate surface area is 89.9 Å². The van der Waals surface area contributed by atoms with E-state index in [0.717, 1.165) is 12.3 Å². The molecule has 0 aromatic carbocycles. The van der Waals surface area contributed by atoms with Gasteiger partial charge in [-0.3, -0.25) is 0 Å². The second-order valence-corrected chi connectivity index (χ2v) is 5.83. The first-order chi connectivity index (χ1) is 5.97. The summed E-state index contributed by atoms with van der Waals surface area (Å²) in [6.45, 7) is 8.90. The highest BCUT2D eigenvalue weighted by Gasteiger charge is 2.23. The fourth-order valence-electron chi connectivity index (χ4n) is 1.66. The third kappa shape index (κ3) is 2.47. The zero-order valence-corrected chi connectivity index (χ0v) is 10.4.